The largest absolute Gasteiger partial charge is 0.309 e. The fraction of sp³-hybridized carbons (Fsp3) is 0. The zero-order chi connectivity index (χ0) is 22.4. The average Bonchev–Trinajstić information content (AvgIpc) is 3.17. The molecule has 158 valence electrons. The van der Waals surface area contributed by atoms with E-state index in [1.54, 1.807) is 0 Å². The average molecular weight is 647 g/mol. The van der Waals surface area contributed by atoms with Crippen LogP contribution in [0.25, 0.3) is 49.7 Å². The highest BCUT2D eigenvalue weighted by molar-refractivity contribution is 14.1. The van der Waals surface area contributed by atoms with Crippen LogP contribution in [0.15, 0.2) is 115 Å². The molecule has 0 unspecified atom stereocenters. The fourth-order valence-corrected chi connectivity index (χ4v) is 5.56. The van der Waals surface area contributed by atoms with Crippen LogP contribution in [0.1, 0.15) is 0 Å². The molecule has 1 nitrogen and oxygen atoms in total. The zero-order valence-corrected chi connectivity index (χ0v) is 22.0. The minimum atomic E-state index is 1.20. The molecule has 0 saturated heterocycles. The van der Waals surface area contributed by atoms with Crippen molar-refractivity contribution in [3.63, 3.8) is 0 Å². The number of para-hydroxylation sites is 1. The van der Waals surface area contributed by atoms with Gasteiger partial charge in [-0.3, -0.25) is 0 Å². The molecule has 0 fully saturated rings. The first-order valence-electron chi connectivity index (χ1n) is 10.8. The molecule has 0 aliphatic heterocycles. The van der Waals surface area contributed by atoms with E-state index in [-0.39, 0.29) is 0 Å². The van der Waals surface area contributed by atoms with Gasteiger partial charge in [-0.2, -0.15) is 0 Å². The summed E-state index contributed by atoms with van der Waals surface area (Å²) in [5.74, 6) is 0. The van der Waals surface area contributed by atoms with E-state index >= 15 is 0 Å². The molecular weight excluding hydrogens is 628 g/mol. The fourth-order valence-electron chi connectivity index (χ4n) is 4.61. The Bertz CT molecular complexity index is 1550. The number of benzene rings is 5. The molecule has 5 aromatic carbocycles. The Balaban J connectivity index is 1.58. The van der Waals surface area contributed by atoms with Gasteiger partial charge in [0.2, 0.25) is 0 Å². The lowest BCUT2D eigenvalue weighted by Gasteiger charge is -2.14. The van der Waals surface area contributed by atoms with Crippen molar-refractivity contribution >= 4 is 67.0 Å². The summed E-state index contributed by atoms with van der Waals surface area (Å²) in [5, 5.41) is 2.58. The number of aromatic nitrogens is 1. The van der Waals surface area contributed by atoms with Crippen LogP contribution in [0.4, 0.5) is 0 Å². The van der Waals surface area contributed by atoms with E-state index in [0.717, 1.165) is 0 Å². The van der Waals surface area contributed by atoms with Crippen LogP contribution >= 0.6 is 45.2 Å². The monoisotopic (exact) mass is 647 g/mol. The molecule has 0 radical (unpaired) electrons. The van der Waals surface area contributed by atoms with Crippen LogP contribution in [-0.2, 0) is 0 Å². The molecule has 0 atom stereocenters. The van der Waals surface area contributed by atoms with Gasteiger partial charge < -0.3 is 4.57 Å². The van der Waals surface area contributed by atoms with Crippen LogP contribution in [0, 0.1) is 7.14 Å². The maximum Gasteiger partial charge on any atom is 0.0551 e. The van der Waals surface area contributed by atoms with Crippen molar-refractivity contribution in [3.8, 4) is 27.9 Å². The Labute approximate surface area is 220 Å². The highest BCUT2D eigenvalue weighted by atomic mass is 127. The topological polar surface area (TPSA) is 4.93 Å². The lowest BCUT2D eigenvalue weighted by molar-refractivity contribution is 1.18. The van der Waals surface area contributed by atoms with Gasteiger partial charge in [0.1, 0.15) is 0 Å². The second-order valence-electron chi connectivity index (χ2n) is 8.12. The Morgan fingerprint density at radius 2 is 0.970 bits per heavy atom. The van der Waals surface area contributed by atoms with Crippen molar-refractivity contribution in [2.24, 2.45) is 0 Å². The third-order valence-electron chi connectivity index (χ3n) is 6.14. The molecule has 0 amide bonds. The van der Waals surface area contributed by atoms with Crippen molar-refractivity contribution in [3.05, 3.63) is 122 Å². The maximum absolute atomic E-state index is 2.43. The van der Waals surface area contributed by atoms with E-state index in [9.17, 15) is 0 Å². The summed E-state index contributed by atoms with van der Waals surface area (Å²) in [6.07, 6.45) is 0. The molecule has 0 N–H and O–H groups in total. The summed E-state index contributed by atoms with van der Waals surface area (Å²) in [4.78, 5) is 0. The molecule has 0 aliphatic rings. The van der Waals surface area contributed by atoms with Gasteiger partial charge in [-0.1, -0.05) is 84.9 Å². The smallest absolute Gasteiger partial charge is 0.0551 e. The van der Waals surface area contributed by atoms with Crippen molar-refractivity contribution in [2.45, 2.75) is 0 Å². The van der Waals surface area contributed by atoms with Gasteiger partial charge in [0.15, 0.2) is 0 Å². The standard InChI is InChI=1S/C30H19I2N/c31-23-14-16-26-27-17-15-24(32)19-30(27)33(29(26)18-23)28-9-5-4-8-25(28)22-12-10-21(11-13-22)20-6-2-1-3-7-20/h1-19H. The molecule has 0 aliphatic carbocycles. The van der Waals surface area contributed by atoms with E-state index in [2.05, 4.69) is 165 Å². The first-order chi connectivity index (χ1) is 16.2. The summed E-state index contributed by atoms with van der Waals surface area (Å²) >= 11 is 4.82. The van der Waals surface area contributed by atoms with Gasteiger partial charge in [-0.25, -0.2) is 0 Å². The number of fused-ring (bicyclic) bond motifs is 3. The van der Waals surface area contributed by atoms with Crippen molar-refractivity contribution in [1.29, 1.82) is 0 Å². The second-order valence-corrected chi connectivity index (χ2v) is 10.6. The van der Waals surface area contributed by atoms with Crippen LogP contribution < -0.4 is 0 Å². The first kappa shape index (κ1) is 20.9. The van der Waals surface area contributed by atoms with E-state index < -0.39 is 0 Å². The van der Waals surface area contributed by atoms with Crippen molar-refractivity contribution < 1.29 is 0 Å². The summed E-state index contributed by atoms with van der Waals surface area (Å²) < 4.78 is 4.90. The Kier molecular flexibility index (Phi) is 5.46. The van der Waals surface area contributed by atoms with Crippen molar-refractivity contribution in [1.82, 2.24) is 4.57 Å². The number of nitrogens with zero attached hydrogens (tertiary/aromatic N) is 1. The zero-order valence-electron chi connectivity index (χ0n) is 17.7. The van der Waals surface area contributed by atoms with E-state index in [4.69, 9.17) is 0 Å². The molecule has 0 spiro atoms. The Morgan fingerprint density at radius 3 is 1.61 bits per heavy atom. The van der Waals surface area contributed by atoms with E-state index in [1.165, 1.54) is 56.9 Å². The van der Waals surface area contributed by atoms with E-state index in [1.807, 2.05) is 0 Å². The Hall–Kier alpha value is -2.64. The lowest BCUT2D eigenvalue weighted by atomic mass is 9.99. The maximum atomic E-state index is 2.43. The Morgan fingerprint density at radius 1 is 0.455 bits per heavy atom. The second kappa shape index (κ2) is 8.61. The SMILES string of the molecule is Ic1ccc2c3ccc(I)cc3n(-c3ccccc3-c3ccc(-c4ccccc4)cc3)c2c1. The molecule has 6 aromatic rings. The van der Waals surface area contributed by atoms with Crippen LogP contribution in [-0.4, -0.2) is 4.57 Å². The minimum absolute atomic E-state index is 1.20. The molecular formula is C30H19I2N. The van der Waals surface area contributed by atoms with Crippen LogP contribution in [0.3, 0.4) is 0 Å². The highest BCUT2D eigenvalue weighted by Gasteiger charge is 2.16. The highest BCUT2D eigenvalue weighted by Crippen LogP contribution is 2.37. The van der Waals surface area contributed by atoms with Gasteiger partial charge in [-0.05, 0) is 92.2 Å². The molecule has 0 bridgehead atoms. The van der Waals surface area contributed by atoms with Gasteiger partial charge in [0, 0.05) is 23.5 Å². The van der Waals surface area contributed by atoms with Crippen LogP contribution in [0.5, 0.6) is 0 Å². The van der Waals surface area contributed by atoms with Gasteiger partial charge in [0.25, 0.3) is 0 Å². The van der Waals surface area contributed by atoms with Gasteiger partial charge in [0.05, 0.1) is 16.7 Å². The molecule has 0 saturated carbocycles. The first-order valence-corrected chi connectivity index (χ1v) is 13.0. The number of rotatable bonds is 3. The van der Waals surface area contributed by atoms with Gasteiger partial charge >= 0.3 is 0 Å². The van der Waals surface area contributed by atoms with Crippen LogP contribution in [0.2, 0.25) is 0 Å². The van der Waals surface area contributed by atoms with Gasteiger partial charge in [-0.15, -0.1) is 0 Å². The molecule has 6 rings (SSSR count). The number of halogens is 2. The minimum Gasteiger partial charge on any atom is -0.309 e. The van der Waals surface area contributed by atoms with E-state index in [0.29, 0.717) is 0 Å². The number of hydrogen-bond acceptors (Lipinski definition) is 0. The summed E-state index contributed by atoms with van der Waals surface area (Å²) in [6, 6.07) is 41.7. The molecule has 33 heavy (non-hydrogen) atoms. The molecule has 1 aromatic heterocycles. The predicted octanol–water partition coefficient (Wildman–Crippen LogP) is 9.33. The summed E-state index contributed by atoms with van der Waals surface area (Å²) in [5.41, 5.74) is 8.61. The third kappa shape index (κ3) is 3.77. The normalized spacial score (nSPS) is 11.3. The molecule has 1 heterocycles. The quantitative estimate of drug-likeness (QED) is 0.169. The van der Waals surface area contributed by atoms with Crippen molar-refractivity contribution in [2.75, 3.05) is 0 Å². The number of hydrogen-bond donors (Lipinski definition) is 0. The molecule has 3 heteroatoms. The predicted molar refractivity (Wildman–Crippen MR) is 157 cm³/mol. The lowest BCUT2D eigenvalue weighted by Crippen LogP contribution is -1.97. The summed E-state index contributed by atoms with van der Waals surface area (Å²) in [6.45, 7) is 0. The summed E-state index contributed by atoms with van der Waals surface area (Å²) in [7, 11) is 0. The third-order valence-corrected chi connectivity index (χ3v) is 7.48.